The zero-order chi connectivity index (χ0) is 33.9. The molecule has 2 aromatic carbocycles. The topological polar surface area (TPSA) is 87.1 Å². The lowest BCUT2D eigenvalue weighted by atomic mass is 9.57. The molecule has 1 aliphatic carbocycles. The lowest BCUT2D eigenvalue weighted by Gasteiger charge is -2.44. The molecule has 0 spiro atoms. The van der Waals surface area contributed by atoms with Crippen LogP contribution in [-0.2, 0) is 26.6 Å². The van der Waals surface area contributed by atoms with Crippen LogP contribution in [0.3, 0.4) is 0 Å². The van der Waals surface area contributed by atoms with Gasteiger partial charge in [0.05, 0.1) is 34.8 Å². The summed E-state index contributed by atoms with van der Waals surface area (Å²) >= 11 is 0. The second kappa shape index (κ2) is 12.2. The number of alkyl halides is 6. The van der Waals surface area contributed by atoms with Crippen LogP contribution >= 0.6 is 0 Å². The van der Waals surface area contributed by atoms with Gasteiger partial charge in [-0.15, -0.1) is 0 Å². The second-order valence-electron chi connectivity index (χ2n) is 12.4. The van der Waals surface area contributed by atoms with E-state index in [0.29, 0.717) is 41.0 Å². The van der Waals surface area contributed by atoms with E-state index in [1.807, 2.05) is 13.8 Å². The Bertz CT molecular complexity index is 1580. The van der Waals surface area contributed by atoms with Gasteiger partial charge in [0.15, 0.2) is 11.6 Å². The number of nitrogens with zero attached hydrogens (tertiary/aromatic N) is 1. The maximum Gasteiger partial charge on any atom is 0.455 e. The fourth-order valence-electron chi connectivity index (χ4n) is 6.90. The number of imide groups is 1. The molecular weight excluding hydrogens is 622 g/mol. The Balaban J connectivity index is 1.48. The summed E-state index contributed by atoms with van der Waals surface area (Å²) in [6.07, 6.45) is -8.62. The molecular formula is C32H31BF7NO5. The molecule has 6 nitrogen and oxygen atoms in total. The molecule has 2 aromatic rings. The number of allylic oxidation sites excluding steroid dienone is 2. The van der Waals surface area contributed by atoms with E-state index in [0.717, 1.165) is 11.1 Å². The van der Waals surface area contributed by atoms with E-state index in [9.17, 15) is 50.5 Å². The van der Waals surface area contributed by atoms with E-state index >= 15 is 0 Å². The highest BCUT2D eigenvalue weighted by Crippen LogP contribution is 2.53. The predicted octanol–water partition coefficient (Wildman–Crippen LogP) is 7.41. The number of aromatic hydroxyl groups is 1. The Morgan fingerprint density at radius 2 is 1.65 bits per heavy atom. The first-order chi connectivity index (χ1) is 21.4. The molecule has 2 aliphatic heterocycles. The summed E-state index contributed by atoms with van der Waals surface area (Å²) in [5, 5.41) is 20.2. The van der Waals surface area contributed by atoms with E-state index in [2.05, 4.69) is 0 Å². The molecule has 2 saturated heterocycles. The molecule has 0 radical (unpaired) electrons. The molecule has 2 N–H and O–H groups in total. The van der Waals surface area contributed by atoms with E-state index in [4.69, 9.17) is 4.65 Å². The predicted molar refractivity (Wildman–Crippen MR) is 154 cm³/mol. The quantitative estimate of drug-likeness (QED) is 0.147. The number of fused-ring (bicyclic) bond motifs is 3. The third-order valence-corrected chi connectivity index (χ3v) is 8.96. The number of anilines is 1. The molecule has 0 aromatic heterocycles. The summed E-state index contributed by atoms with van der Waals surface area (Å²) in [4.78, 5) is 28.0. The molecule has 0 bridgehead atoms. The molecule has 4 atom stereocenters. The third-order valence-electron chi connectivity index (χ3n) is 8.96. The van der Waals surface area contributed by atoms with Crippen molar-refractivity contribution in [3.8, 4) is 5.75 Å². The van der Waals surface area contributed by atoms with Gasteiger partial charge in [-0.1, -0.05) is 37.1 Å². The first-order valence-electron chi connectivity index (χ1n) is 14.8. The number of rotatable bonds is 6. The van der Waals surface area contributed by atoms with Gasteiger partial charge in [-0.3, -0.25) is 9.59 Å². The molecule has 246 valence electrons. The Morgan fingerprint density at radius 1 is 1.02 bits per heavy atom. The highest BCUT2D eigenvalue weighted by Gasteiger charge is 2.58. The molecule has 2 fully saturated rings. The summed E-state index contributed by atoms with van der Waals surface area (Å²) in [6.45, 7) is 5.54. The van der Waals surface area contributed by atoms with E-state index in [1.165, 1.54) is 18.2 Å². The second-order valence-corrected chi connectivity index (χ2v) is 12.4. The van der Waals surface area contributed by atoms with Crippen LogP contribution in [0.5, 0.6) is 5.75 Å². The van der Waals surface area contributed by atoms with Crippen molar-refractivity contribution < 1.29 is 55.1 Å². The van der Waals surface area contributed by atoms with Crippen LogP contribution < -0.4 is 4.90 Å². The maximum absolute atomic E-state index is 13.9. The normalized spacial score (nSPS) is 24.2. The van der Waals surface area contributed by atoms with Gasteiger partial charge in [0, 0.05) is 0 Å². The first kappa shape index (κ1) is 33.7. The third kappa shape index (κ3) is 6.46. The Labute approximate surface area is 260 Å². The molecule has 2 amide bonds. The zero-order valence-corrected chi connectivity index (χ0v) is 25.0. The summed E-state index contributed by atoms with van der Waals surface area (Å²) in [7, 11) is -1.34. The molecule has 2 heterocycles. The fourth-order valence-corrected chi connectivity index (χ4v) is 6.90. The summed E-state index contributed by atoms with van der Waals surface area (Å²) < 4.78 is 101. The van der Waals surface area contributed by atoms with Crippen molar-refractivity contribution in [3.05, 3.63) is 75.6 Å². The van der Waals surface area contributed by atoms with Gasteiger partial charge in [-0.2, -0.15) is 26.3 Å². The summed E-state index contributed by atoms with van der Waals surface area (Å²) in [5.74, 6) is -6.14. The molecule has 0 unspecified atom stereocenters. The minimum Gasteiger partial charge on any atom is -0.505 e. The minimum absolute atomic E-state index is 0.0535. The largest absolute Gasteiger partial charge is 0.505 e. The lowest BCUT2D eigenvalue weighted by molar-refractivity contribution is -0.143. The van der Waals surface area contributed by atoms with Gasteiger partial charge in [0.2, 0.25) is 11.8 Å². The lowest BCUT2D eigenvalue weighted by Crippen LogP contribution is -2.46. The van der Waals surface area contributed by atoms with Crippen LogP contribution in [0.4, 0.5) is 36.4 Å². The number of carbonyl (C=O) groups excluding carboxylic acids is 2. The van der Waals surface area contributed by atoms with Crippen LogP contribution in [0.15, 0.2) is 53.1 Å². The van der Waals surface area contributed by atoms with Crippen LogP contribution in [0.25, 0.3) is 6.08 Å². The monoisotopic (exact) mass is 653 g/mol. The molecule has 3 aliphatic rings. The number of halogens is 7. The van der Waals surface area contributed by atoms with Crippen molar-refractivity contribution in [1.29, 1.82) is 0 Å². The van der Waals surface area contributed by atoms with Gasteiger partial charge in [0.25, 0.3) is 0 Å². The number of carbonyl (C=O) groups is 2. The SMILES string of the molecule is C/C(=C\c1ccc(O)c(F)c1)CC[C@H]1OB(O)C[C@H]2C1=C(C(C)C)C[C@H]1C(=O)N(c3cc(C(F)(F)F)cc(C(F)(F)F)c3)C(=O)[C@H]12. The number of hydrogen-bond donors (Lipinski definition) is 2. The highest BCUT2D eigenvalue weighted by atomic mass is 19.4. The number of amides is 2. The van der Waals surface area contributed by atoms with Crippen molar-refractivity contribution in [2.24, 2.45) is 23.7 Å². The number of phenolic OH excluding ortho intramolecular Hbond substituents is 1. The van der Waals surface area contributed by atoms with Crippen molar-refractivity contribution in [2.45, 2.75) is 64.8 Å². The summed E-state index contributed by atoms with van der Waals surface area (Å²) in [5.41, 5.74) is -1.29. The highest BCUT2D eigenvalue weighted by molar-refractivity contribution is 6.43. The average Bonchev–Trinajstić information content (AvgIpc) is 3.21. The smallest absolute Gasteiger partial charge is 0.455 e. The fraction of sp³-hybridized carbons (Fsp3) is 0.438. The van der Waals surface area contributed by atoms with Crippen LogP contribution in [0.1, 0.15) is 56.7 Å². The van der Waals surface area contributed by atoms with Crippen molar-refractivity contribution in [1.82, 2.24) is 0 Å². The average molecular weight is 653 g/mol. The number of phenols is 1. The Morgan fingerprint density at radius 3 is 2.22 bits per heavy atom. The van der Waals surface area contributed by atoms with E-state index in [-0.39, 0.29) is 24.7 Å². The van der Waals surface area contributed by atoms with Crippen LogP contribution in [0, 0.1) is 29.5 Å². The van der Waals surface area contributed by atoms with Gasteiger partial charge in [0.1, 0.15) is 0 Å². The summed E-state index contributed by atoms with van der Waals surface area (Å²) in [6, 6.07) is 4.62. The zero-order valence-electron chi connectivity index (χ0n) is 25.0. The van der Waals surface area contributed by atoms with E-state index < -0.39 is 83.5 Å². The van der Waals surface area contributed by atoms with Gasteiger partial charge in [-0.25, -0.2) is 9.29 Å². The van der Waals surface area contributed by atoms with Gasteiger partial charge in [-0.05, 0) is 85.8 Å². The van der Waals surface area contributed by atoms with Gasteiger partial charge < -0.3 is 14.8 Å². The number of benzene rings is 2. The van der Waals surface area contributed by atoms with Crippen molar-refractivity contribution in [3.63, 3.8) is 0 Å². The Hall–Kier alpha value is -3.65. The minimum atomic E-state index is -5.17. The van der Waals surface area contributed by atoms with Crippen LogP contribution in [0.2, 0.25) is 6.32 Å². The van der Waals surface area contributed by atoms with E-state index in [1.54, 1.807) is 13.0 Å². The molecule has 14 heteroatoms. The molecule has 5 rings (SSSR count). The first-order valence-corrected chi connectivity index (χ1v) is 14.8. The number of hydrogen-bond acceptors (Lipinski definition) is 5. The van der Waals surface area contributed by atoms with Crippen molar-refractivity contribution in [2.75, 3.05) is 4.90 Å². The van der Waals surface area contributed by atoms with Crippen molar-refractivity contribution >= 4 is 30.7 Å². The standard InChI is InChI=1S/C32H31BF7NO5/c1-15(2)21-13-22-28(30(44)41(29(22)43)20-11-18(31(35,36)37)10-19(12-20)32(38,39)40)23-14-33(45)46-26(27(21)23)7-4-16(3)8-17-5-6-25(42)24(34)9-17/h5-6,8-12,15,22-23,26,28,42,45H,4,7,13-14H2,1-3H3/b16-8+/t22-,23+,26-,28-/m1/s1. The molecule has 0 saturated carbocycles. The van der Waals surface area contributed by atoms with Gasteiger partial charge >= 0.3 is 19.5 Å². The Kier molecular flexibility index (Phi) is 8.93. The van der Waals surface area contributed by atoms with Crippen LogP contribution in [-0.4, -0.2) is 35.2 Å². The maximum atomic E-state index is 13.9. The molecule has 46 heavy (non-hydrogen) atoms.